The van der Waals surface area contributed by atoms with Gasteiger partial charge in [-0.15, -0.1) is 0 Å². The summed E-state index contributed by atoms with van der Waals surface area (Å²) in [6.45, 7) is 1.14. The maximum atomic E-state index is 14.4. The first-order valence-electron chi connectivity index (χ1n) is 10.8. The van der Waals surface area contributed by atoms with Crippen LogP contribution in [0.2, 0.25) is 0 Å². The summed E-state index contributed by atoms with van der Waals surface area (Å²) in [4.78, 5) is 17.1. The molecule has 1 aromatic heterocycles. The minimum atomic E-state index is -4.89. The molecule has 3 rings (SSSR count). The Morgan fingerprint density at radius 2 is 2.00 bits per heavy atom. The standard InChI is InChI=1S/C23H25F5N2O6/c1-11-17(14-4-5-15(24)18(25)19(14)34-3)20(36-22(11,2)23(26,27)28)21(33)30-12-6-7-29-16(8-12)35-10-13(32)9-31/h4-8,11,13,17,20,31-32H,9-10H2,1-3H3,(H,29,30,33)/t11-,13-,17-,20+,22+/m0/s1. The number of aromatic nitrogens is 1. The SMILES string of the molecule is COc1c([C@H]2[C@H](C(=O)Nc3ccnc(OC[C@@H](O)CO)c3)O[C@@](C)(C(F)(F)F)[C@H]2C)ccc(F)c1F. The molecule has 0 unspecified atom stereocenters. The summed E-state index contributed by atoms with van der Waals surface area (Å²) in [6, 6.07) is 4.39. The number of carbonyl (C=O) groups is 1. The third-order valence-electron chi connectivity index (χ3n) is 6.21. The number of hydrogen-bond donors (Lipinski definition) is 3. The smallest absolute Gasteiger partial charge is 0.417 e. The van der Waals surface area contributed by atoms with Crippen molar-refractivity contribution in [2.75, 3.05) is 25.6 Å². The van der Waals surface area contributed by atoms with E-state index in [4.69, 9.17) is 19.3 Å². The third-order valence-corrected chi connectivity index (χ3v) is 6.21. The molecular weight excluding hydrogens is 495 g/mol. The number of halogens is 5. The highest BCUT2D eigenvalue weighted by Gasteiger charge is 2.65. The van der Waals surface area contributed by atoms with Crippen LogP contribution in [0.15, 0.2) is 30.5 Å². The number of pyridine rings is 1. The van der Waals surface area contributed by atoms with Crippen molar-refractivity contribution in [2.24, 2.45) is 5.92 Å². The van der Waals surface area contributed by atoms with Crippen molar-refractivity contribution in [3.8, 4) is 11.6 Å². The molecule has 0 aliphatic carbocycles. The van der Waals surface area contributed by atoms with Crippen LogP contribution in [0.4, 0.5) is 27.6 Å². The lowest BCUT2D eigenvalue weighted by atomic mass is 9.77. The molecule has 0 radical (unpaired) electrons. The van der Waals surface area contributed by atoms with Crippen molar-refractivity contribution in [1.82, 2.24) is 4.98 Å². The second-order valence-electron chi connectivity index (χ2n) is 8.46. The van der Waals surface area contributed by atoms with Crippen LogP contribution in [0.1, 0.15) is 25.3 Å². The predicted octanol–water partition coefficient (Wildman–Crippen LogP) is 3.18. The second-order valence-corrected chi connectivity index (χ2v) is 8.46. The largest absolute Gasteiger partial charge is 0.493 e. The molecule has 1 aliphatic heterocycles. The number of amides is 1. The third kappa shape index (κ3) is 5.22. The lowest BCUT2D eigenvalue weighted by Crippen LogP contribution is -2.47. The molecule has 0 saturated carbocycles. The fourth-order valence-corrected chi connectivity index (χ4v) is 4.05. The Bertz CT molecular complexity index is 1100. The van der Waals surface area contributed by atoms with Gasteiger partial charge >= 0.3 is 6.18 Å². The van der Waals surface area contributed by atoms with Crippen molar-refractivity contribution in [3.63, 3.8) is 0 Å². The Labute approximate surface area is 203 Å². The number of carbonyl (C=O) groups excluding carboxylic acids is 1. The van der Waals surface area contributed by atoms with Gasteiger partial charge in [0, 0.05) is 35.3 Å². The molecular formula is C23H25F5N2O6. The molecule has 1 aliphatic rings. The van der Waals surface area contributed by atoms with E-state index in [1.807, 2.05) is 0 Å². The summed E-state index contributed by atoms with van der Waals surface area (Å²) < 4.78 is 85.7. The summed E-state index contributed by atoms with van der Waals surface area (Å²) in [6.07, 6.45) is -6.59. The molecule has 1 amide bonds. The highest BCUT2D eigenvalue weighted by Crippen LogP contribution is 2.55. The molecule has 3 N–H and O–H groups in total. The van der Waals surface area contributed by atoms with Gasteiger partial charge < -0.3 is 29.7 Å². The van der Waals surface area contributed by atoms with Gasteiger partial charge in [-0.25, -0.2) is 9.37 Å². The molecule has 1 saturated heterocycles. The number of methoxy groups -OCH3 is 1. The Kier molecular flexibility index (Phi) is 8.06. The van der Waals surface area contributed by atoms with Crippen LogP contribution in [0.3, 0.4) is 0 Å². The van der Waals surface area contributed by atoms with Crippen molar-refractivity contribution in [3.05, 3.63) is 47.7 Å². The molecule has 2 heterocycles. The maximum absolute atomic E-state index is 14.4. The molecule has 8 nitrogen and oxygen atoms in total. The van der Waals surface area contributed by atoms with E-state index < -0.39 is 65.7 Å². The summed E-state index contributed by atoms with van der Waals surface area (Å²) in [5.41, 5.74) is -2.87. The topological polar surface area (TPSA) is 110 Å². The van der Waals surface area contributed by atoms with Gasteiger partial charge in [0.05, 0.1) is 13.7 Å². The molecule has 0 spiro atoms. The number of nitrogens with one attached hydrogen (secondary N) is 1. The van der Waals surface area contributed by atoms with Gasteiger partial charge in [-0.05, 0) is 19.1 Å². The molecule has 1 aromatic carbocycles. The Balaban J connectivity index is 1.96. The van der Waals surface area contributed by atoms with E-state index in [1.165, 1.54) is 25.3 Å². The van der Waals surface area contributed by atoms with Crippen molar-refractivity contribution in [1.29, 1.82) is 0 Å². The summed E-state index contributed by atoms with van der Waals surface area (Å²) in [7, 11) is 1.03. The first-order chi connectivity index (χ1) is 16.8. The van der Waals surface area contributed by atoms with Crippen LogP contribution in [0.25, 0.3) is 0 Å². The van der Waals surface area contributed by atoms with Gasteiger partial charge in [0.1, 0.15) is 18.8 Å². The van der Waals surface area contributed by atoms with E-state index in [0.29, 0.717) is 0 Å². The number of nitrogens with zero attached hydrogens (tertiary/aromatic N) is 1. The lowest BCUT2D eigenvalue weighted by Gasteiger charge is -2.32. The van der Waals surface area contributed by atoms with Gasteiger partial charge in [-0.1, -0.05) is 13.0 Å². The summed E-state index contributed by atoms with van der Waals surface area (Å²) >= 11 is 0. The van der Waals surface area contributed by atoms with Crippen LogP contribution in [0, 0.1) is 17.6 Å². The van der Waals surface area contributed by atoms with Crippen LogP contribution >= 0.6 is 0 Å². The number of hydrogen-bond acceptors (Lipinski definition) is 7. The molecule has 0 bridgehead atoms. The van der Waals surface area contributed by atoms with Crippen molar-refractivity contribution >= 4 is 11.6 Å². The number of ether oxygens (including phenoxy) is 3. The minimum absolute atomic E-state index is 0.0417. The van der Waals surface area contributed by atoms with Crippen molar-refractivity contribution < 1.29 is 51.2 Å². The minimum Gasteiger partial charge on any atom is -0.493 e. The van der Waals surface area contributed by atoms with Gasteiger partial charge in [0.2, 0.25) is 11.7 Å². The number of alkyl halides is 3. The number of rotatable bonds is 8. The lowest BCUT2D eigenvalue weighted by molar-refractivity contribution is -0.272. The molecule has 5 atom stereocenters. The molecule has 13 heteroatoms. The van der Waals surface area contributed by atoms with Gasteiger partial charge in [0.15, 0.2) is 17.2 Å². The fourth-order valence-electron chi connectivity index (χ4n) is 4.05. The van der Waals surface area contributed by atoms with Crippen LogP contribution in [-0.2, 0) is 9.53 Å². The zero-order valence-corrected chi connectivity index (χ0v) is 19.5. The number of aliphatic hydroxyl groups is 2. The fraction of sp³-hybridized carbons (Fsp3) is 0.478. The predicted molar refractivity (Wildman–Crippen MR) is 116 cm³/mol. The first-order valence-corrected chi connectivity index (χ1v) is 10.8. The second kappa shape index (κ2) is 10.5. The van der Waals surface area contributed by atoms with Crippen molar-refractivity contribution in [2.45, 2.75) is 43.8 Å². The highest BCUT2D eigenvalue weighted by atomic mass is 19.4. The number of anilines is 1. The Morgan fingerprint density at radius 1 is 1.31 bits per heavy atom. The highest BCUT2D eigenvalue weighted by molar-refractivity contribution is 5.95. The first kappa shape index (κ1) is 27.6. The van der Waals surface area contributed by atoms with E-state index in [2.05, 4.69) is 10.3 Å². The van der Waals surface area contributed by atoms with Crippen LogP contribution < -0.4 is 14.8 Å². The van der Waals surface area contributed by atoms with Gasteiger partial charge in [-0.3, -0.25) is 4.79 Å². The van der Waals surface area contributed by atoms with E-state index in [9.17, 15) is 31.9 Å². The molecule has 198 valence electrons. The zero-order chi connectivity index (χ0) is 26.8. The maximum Gasteiger partial charge on any atom is 0.417 e. The number of aliphatic hydroxyl groups excluding tert-OH is 2. The summed E-state index contributed by atoms with van der Waals surface area (Å²) in [5, 5.41) is 20.7. The quantitative estimate of drug-likeness (QED) is 0.459. The molecule has 2 aromatic rings. The van der Waals surface area contributed by atoms with E-state index in [0.717, 1.165) is 26.2 Å². The van der Waals surface area contributed by atoms with E-state index in [-0.39, 0.29) is 23.7 Å². The normalized spacial score (nSPS) is 24.9. The van der Waals surface area contributed by atoms with Gasteiger partial charge in [-0.2, -0.15) is 17.6 Å². The molecule has 36 heavy (non-hydrogen) atoms. The van der Waals surface area contributed by atoms with Crippen LogP contribution in [0.5, 0.6) is 11.6 Å². The van der Waals surface area contributed by atoms with Crippen LogP contribution in [-0.4, -0.2) is 65.4 Å². The average molecular weight is 520 g/mol. The molecule has 1 fully saturated rings. The summed E-state index contributed by atoms with van der Waals surface area (Å²) in [5.74, 6) is -7.08. The van der Waals surface area contributed by atoms with E-state index >= 15 is 0 Å². The monoisotopic (exact) mass is 520 g/mol. The zero-order valence-electron chi connectivity index (χ0n) is 19.5. The Hall–Kier alpha value is -3.03. The van der Waals surface area contributed by atoms with Gasteiger partial charge in [0.25, 0.3) is 5.91 Å². The Morgan fingerprint density at radius 3 is 2.61 bits per heavy atom. The van der Waals surface area contributed by atoms with E-state index in [1.54, 1.807) is 0 Å². The average Bonchev–Trinajstić information content (AvgIpc) is 3.11. The number of benzene rings is 1.